The third-order valence-corrected chi connectivity index (χ3v) is 3.17. The quantitative estimate of drug-likeness (QED) is 0.920. The molecule has 1 aromatic carbocycles. The number of fused-ring (bicyclic) bond motifs is 1. The Labute approximate surface area is 112 Å². The first-order valence-electron chi connectivity index (χ1n) is 6.31. The van der Waals surface area contributed by atoms with Crippen LogP contribution in [0.15, 0.2) is 22.6 Å². The number of hydrogen-bond acceptors (Lipinski definition) is 4. The van der Waals surface area contributed by atoms with Crippen LogP contribution in [0, 0.1) is 0 Å². The van der Waals surface area contributed by atoms with E-state index < -0.39 is 11.7 Å². The van der Waals surface area contributed by atoms with Gasteiger partial charge in [-0.15, -0.1) is 0 Å². The van der Waals surface area contributed by atoms with Gasteiger partial charge >= 0.3 is 6.18 Å². The van der Waals surface area contributed by atoms with Gasteiger partial charge in [0.15, 0.2) is 11.5 Å². The molecule has 4 nitrogen and oxygen atoms in total. The largest absolute Gasteiger partial charge is 0.441 e. The fourth-order valence-electron chi connectivity index (χ4n) is 2.18. The number of halogens is 3. The zero-order chi connectivity index (χ0) is 14.2. The minimum Gasteiger partial charge on any atom is -0.441 e. The third kappa shape index (κ3) is 2.78. The second kappa shape index (κ2) is 5.06. The van der Waals surface area contributed by atoms with Crippen LogP contribution >= 0.6 is 0 Å². The van der Waals surface area contributed by atoms with E-state index in [0.717, 1.165) is 18.7 Å². The van der Waals surface area contributed by atoms with E-state index in [2.05, 4.69) is 10.3 Å². The molecule has 2 aromatic rings. The summed E-state index contributed by atoms with van der Waals surface area (Å²) < 4.78 is 48.8. The normalized spacial score (nSPS) is 20.4. The summed E-state index contributed by atoms with van der Waals surface area (Å²) in [5.74, 6) is 0.396. The van der Waals surface area contributed by atoms with Gasteiger partial charge in [-0.25, -0.2) is 4.98 Å². The number of alkyl halides is 3. The molecule has 0 aliphatic carbocycles. The molecule has 1 atom stereocenters. The van der Waals surface area contributed by atoms with Crippen LogP contribution in [0.4, 0.5) is 13.2 Å². The van der Waals surface area contributed by atoms with Crippen molar-refractivity contribution < 1.29 is 22.3 Å². The standard InChI is InChI=1S/C13H13F3N2O2/c14-13(15,16)8-1-2-11-10(5-8)18-12(20-11)6-9-7-17-3-4-19-9/h1-2,5,9,17H,3-4,6-7H2. The van der Waals surface area contributed by atoms with E-state index in [-0.39, 0.29) is 11.6 Å². The monoisotopic (exact) mass is 286 g/mol. The van der Waals surface area contributed by atoms with Gasteiger partial charge in [-0.1, -0.05) is 0 Å². The first-order valence-corrected chi connectivity index (χ1v) is 6.31. The second-order valence-electron chi connectivity index (χ2n) is 4.69. The van der Waals surface area contributed by atoms with Crippen molar-refractivity contribution in [3.63, 3.8) is 0 Å². The number of nitrogens with zero attached hydrogens (tertiary/aromatic N) is 1. The molecular weight excluding hydrogens is 273 g/mol. The number of aromatic nitrogens is 1. The number of ether oxygens (including phenoxy) is 1. The van der Waals surface area contributed by atoms with Gasteiger partial charge < -0.3 is 14.5 Å². The lowest BCUT2D eigenvalue weighted by molar-refractivity contribution is -0.137. The van der Waals surface area contributed by atoms with Crippen molar-refractivity contribution in [3.05, 3.63) is 29.7 Å². The number of benzene rings is 1. The Morgan fingerprint density at radius 2 is 2.20 bits per heavy atom. The number of oxazole rings is 1. The van der Waals surface area contributed by atoms with Crippen molar-refractivity contribution in [1.82, 2.24) is 10.3 Å². The molecule has 1 saturated heterocycles. The van der Waals surface area contributed by atoms with Gasteiger partial charge in [0.2, 0.25) is 0 Å². The fourth-order valence-corrected chi connectivity index (χ4v) is 2.18. The van der Waals surface area contributed by atoms with Crippen LogP contribution in [0.5, 0.6) is 0 Å². The summed E-state index contributed by atoms with van der Waals surface area (Å²) in [5.41, 5.74) is -0.143. The van der Waals surface area contributed by atoms with Crippen LogP contribution in [-0.4, -0.2) is 30.8 Å². The molecule has 1 fully saturated rings. The lowest BCUT2D eigenvalue weighted by atomic mass is 10.2. The Morgan fingerprint density at radius 1 is 1.35 bits per heavy atom. The van der Waals surface area contributed by atoms with Gasteiger partial charge in [0, 0.05) is 13.1 Å². The van der Waals surface area contributed by atoms with E-state index in [1.807, 2.05) is 0 Å². The summed E-state index contributed by atoms with van der Waals surface area (Å²) in [6.07, 6.45) is -3.98. The maximum absolute atomic E-state index is 12.6. The molecule has 1 aliphatic heterocycles. The Morgan fingerprint density at radius 3 is 2.90 bits per heavy atom. The van der Waals surface area contributed by atoms with Crippen molar-refractivity contribution in [2.75, 3.05) is 19.7 Å². The molecule has 7 heteroatoms. The number of nitrogens with one attached hydrogen (secondary N) is 1. The molecule has 2 heterocycles. The molecule has 1 N–H and O–H groups in total. The fraction of sp³-hybridized carbons (Fsp3) is 0.462. The highest BCUT2D eigenvalue weighted by Crippen LogP contribution is 2.31. The van der Waals surface area contributed by atoms with Gasteiger partial charge in [0.1, 0.15) is 5.52 Å². The maximum atomic E-state index is 12.6. The summed E-state index contributed by atoms with van der Waals surface area (Å²) in [6, 6.07) is 3.30. The molecule has 1 aliphatic rings. The van der Waals surface area contributed by atoms with Crippen LogP contribution < -0.4 is 5.32 Å². The second-order valence-corrected chi connectivity index (χ2v) is 4.69. The molecule has 1 unspecified atom stereocenters. The zero-order valence-corrected chi connectivity index (χ0v) is 10.5. The van der Waals surface area contributed by atoms with Gasteiger partial charge in [-0.2, -0.15) is 13.2 Å². The Kier molecular flexibility index (Phi) is 3.39. The van der Waals surface area contributed by atoms with Gasteiger partial charge in [0.05, 0.1) is 24.7 Å². The SMILES string of the molecule is FC(F)(F)c1ccc2oc(CC3CNCCO3)nc2c1. The molecule has 108 valence electrons. The summed E-state index contributed by atoms with van der Waals surface area (Å²) >= 11 is 0. The smallest absolute Gasteiger partial charge is 0.416 e. The number of hydrogen-bond donors (Lipinski definition) is 1. The molecule has 0 amide bonds. The maximum Gasteiger partial charge on any atom is 0.416 e. The molecule has 0 radical (unpaired) electrons. The van der Waals surface area contributed by atoms with Crippen molar-refractivity contribution >= 4 is 11.1 Å². The molecule has 0 saturated carbocycles. The van der Waals surface area contributed by atoms with E-state index in [4.69, 9.17) is 9.15 Å². The lowest BCUT2D eigenvalue weighted by Gasteiger charge is -2.22. The average Bonchev–Trinajstić information content (AvgIpc) is 2.80. The van der Waals surface area contributed by atoms with Gasteiger partial charge in [-0.05, 0) is 18.2 Å². The molecular formula is C13H13F3N2O2. The number of rotatable bonds is 2. The van der Waals surface area contributed by atoms with E-state index in [1.54, 1.807) is 0 Å². The van der Waals surface area contributed by atoms with E-state index in [1.165, 1.54) is 6.07 Å². The topological polar surface area (TPSA) is 47.3 Å². The Bertz CT molecular complexity index is 603. The molecule has 0 spiro atoms. The van der Waals surface area contributed by atoms with Crippen LogP contribution in [0.3, 0.4) is 0 Å². The first kappa shape index (κ1) is 13.4. The highest BCUT2D eigenvalue weighted by Gasteiger charge is 2.31. The lowest BCUT2D eigenvalue weighted by Crippen LogP contribution is -2.39. The highest BCUT2D eigenvalue weighted by atomic mass is 19.4. The van der Waals surface area contributed by atoms with Crippen molar-refractivity contribution in [2.24, 2.45) is 0 Å². The van der Waals surface area contributed by atoms with Crippen LogP contribution in [-0.2, 0) is 17.3 Å². The number of morpholine rings is 1. The summed E-state index contributed by atoms with van der Waals surface area (Å²) in [5, 5.41) is 3.17. The minimum atomic E-state index is -4.37. The zero-order valence-electron chi connectivity index (χ0n) is 10.5. The Balaban J connectivity index is 1.83. The highest BCUT2D eigenvalue weighted by molar-refractivity contribution is 5.73. The molecule has 1 aromatic heterocycles. The third-order valence-electron chi connectivity index (χ3n) is 3.17. The first-order chi connectivity index (χ1) is 9.52. The van der Waals surface area contributed by atoms with Crippen LogP contribution in [0.1, 0.15) is 11.5 Å². The van der Waals surface area contributed by atoms with Crippen molar-refractivity contribution in [2.45, 2.75) is 18.7 Å². The molecule has 0 bridgehead atoms. The average molecular weight is 286 g/mol. The predicted molar refractivity (Wildman–Crippen MR) is 65.3 cm³/mol. The van der Waals surface area contributed by atoms with E-state index in [0.29, 0.717) is 31.0 Å². The van der Waals surface area contributed by atoms with Crippen LogP contribution in [0.2, 0.25) is 0 Å². The van der Waals surface area contributed by atoms with Crippen molar-refractivity contribution in [3.8, 4) is 0 Å². The predicted octanol–water partition coefficient (Wildman–Crippen LogP) is 2.38. The molecule has 20 heavy (non-hydrogen) atoms. The van der Waals surface area contributed by atoms with E-state index in [9.17, 15) is 13.2 Å². The minimum absolute atomic E-state index is 0.0566. The molecule has 3 rings (SSSR count). The Hall–Kier alpha value is -1.60. The van der Waals surface area contributed by atoms with Crippen molar-refractivity contribution in [1.29, 1.82) is 0 Å². The summed E-state index contributed by atoms with van der Waals surface area (Å²) in [4.78, 5) is 4.11. The van der Waals surface area contributed by atoms with Gasteiger partial charge in [0.25, 0.3) is 0 Å². The van der Waals surface area contributed by atoms with Gasteiger partial charge in [-0.3, -0.25) is 0 Å². The van der Waals surface area contributed by atoms with E-state index >= 15 is 0 Å². The summed E-state index contributed by atoms with van der Waals surface area (Å²) in [7, 11) is 0. The summed E-state index contributed by atoms with van der Waals surface area (Å²) in [6.45, 7) is 2.11. The van der Waals surface area contributed by atoms with Crippen LogP contribution in [0.25, 0.3) is 11.1 Å².